The van der Waals surface area contributed by atoms with Crippen molar-refractivity contribution in [3.63, 3.8) is 0 Å². The van der Waals surface area contributed by atoms with Crippen LogP contribution in [0.4, 0.5) is 8.78 Å². The van der Waals surface area contributed by atoms with Gasteiger partial charge in [0, 0.05) is 5.56 Å². The fourth-order valence-corrected chi connectivity index (χ4v) is 1.80. The lowest BCUT2D eigenvalue weighted by Crippen LogP contribution is -2.31. The third-order valence-corrected chi connectivity index (χ3v) is 2.80. The highest BCUT2D eigenvalue weighted by Crippen LogP contribution is 2.10. The molecule has 104 valence electrons. The number of hydrogen-bond acceptors (Lipinski definition) is 3. The molecule has 0 aliphatic rings. The normalized spacial score (nSPS) is 10.5. The number of hydrogen-bond donors (Lipinski definition) is 2. The minimum absolute atomic E-state index is 0.00532. The third kappa shape index (κ3) is 2.97. The van der Waals surface area contributed by atoms with E-state index in [1.807, 2.05) is 4.98 Å². The first-order chi connectivity index (χ1) is 9.36. The fraction of sp³-hybridized carbons (Fsp3) is 0.0833. The lowest BCUT2D eigenvalue weighted by Gasteiger charge is -2.07. The second kappa shape index (κ2) is 5.33. The van der Waals surface area contributed by atoms with Gasteiger partial charge in [0.15, 0.2) is 0 Å². The Labute approximate surface area is 116 Å². The molecule has 1 heterocycles. The number of H-pyrrole nitrogens is 1. The monoisotopic (exact) mass is 297 g/mol. The summed E-state index contributed by atoms with van der Waals surface area (Å²) in [7, 11) is 0. The molecule has 0 bridgehead atoms. The Balaban J connectivity index is 2.45. The van der Waals surface area contributed by atoms with E-state index in [4.69, 9.17) is 18.0 Å². The Morgan fingerprint density at radius 3 is 2.65 bits per heavy atom. The van der Waals surface area contributed by atoms with E-state index in [0.717, 1.165) is 22.9 Å². The molecule has 0 amide bonds. The third-order valence-electron chi connectivity index (χ3n) is 2.56. The Kier molecular flexibility index (Phi) is 3.75. The van der Waals surface area contributed by atoms with Crippen LogP contribution in [0.15, 0.2) is 34.0 Å². The molecule has 0 spiro atoms. The van der Waals surface area contributed by atoms with Gasteiger partial charge in [-0.15, -0.1) is 0 Å². The summed E-state index contributed by atoms with van der Waals surface area (Å²) in [5.41, 5.74) is 4.17. The minimum atomic E-state index is -1.10. The molecule has 1 aromatic heterocycles. The molecule has 20 heavy (non-hydrogen) atoms. The summed E-state index contributed by atoms with van der Waals surface area (Å²) in [5.74, 6) is -1.68. The lowest BCUT2D eigenvalue weighted by molar-refractivity contribution is 0.564. The van der Waals surface area contributed by atoms with Crippen molar-refractivity contribution in [2.45, 2.75) is 6.54 Å². The number of halogens is 2. The van der Waals surface area contributed by atoms with Crippen molar-refractivity contribution < 1.29 is 8.78 Å². The largest absolute Gasteiger partial charge is 0.389 e. The fourth-order valence-electron chi connectivity index (χ4n) is 1.68. The van der Waals surface area contributed by atoms with Gasteiger partial charge in [-0.05, 0) is 23.8 Å². The summed E-state index contributed by atoms with van der Waals surface area (Å²) in [4.78, 5) is 24.2. The molecule has 5 nitrogen and oxygen atoms in total. The average molecular weight is 297 g/mol. The quantitative estimate of drug-likeness (QED) is 0.808. The number of nitrogens with two attached hydrogens (primary N) is 1. The predicted molar refractivity (Wildman–Crippen MR) is 72.7 cm³/mol. The van der Waals surface area contributed by atoms with E-state index < -0.39 is 22.9 Å². The highest BCUT2D eigenvalue weighted by atomic mass is 32.1. The maximum atomic E-state index is 13.4. The van der Waals surface area contributed by atoms with Gasteiger partial charge in [-0.25, -0.2) is 9.18 Å². The maximum Gasteiger partial charge on any atom is 0.328 e. The average Bonchev–Trinajstić information content (AvgIpc) is 2.35. The molecular formula is C12H9F2N3O2S. The van der Waals surface area contributed by atoms with Crippen molar-refractivity contribution in [1.82, 2.24) is 9.55 Å². The van der Waals surface area contributed by atoms with Gasteiger partial charge >= 0.3 is 5.69 Å². The molecule has 0 aliphatic carbocycles. The summed E-state index contributed by atoms with van der Waals surface area (Å²) < 4.78 is 27.4. The topological polar surface area (TPSA) is 80.9 Å². The van der Waals surface area contributed by atoms with Gasteiger partial charge in [-0.1, -0.05) is 12.2 Å². The standard InChI is InChI=1S/C12H9F2N3O2S/c13-8-2-6(1-7(3-8)10(15)20)4-17-5-9(14)11(18)16-12(17)19/h1-3,5H,4H2,(H2,15,20)(H,16,18,19). The summed E-state index contributed by atoms with van der Waals surface area (Å²) >= 11 is 4.74. The summed E-state index contributed by atoms with van der Waals surface area (Å²) in [6, 6.07) is 3.81. The van der Waals surface area contributed by atoms with Crippen LogP contribution in [0.1, 0.15) is 11.1 Å². The number of benzene rings is 1. The maximum absolute atomic E-state index is 13.4. The summed E-state index contributed by atoms with van der Waals surface area (Å²) in [6.45, 7) is -0.125. The smallest absolute Gasteiger partial charge is 0.328 e. The number of nitrogens with zero attached hydrogens (tertiary/aromatic N) is 1. The van der Waals surface area contributed by atoms with Crippen LogP contribution in [0.3, 0.4) is 0 Å². The van der Waals surface area contributed by atoms with Crippen LogP contribution in [0.2, 0.25) is 0 Å². The van der Waals surface area contributed by atoms with Crippen molar-refractivity contribution in [2.75, 3.05) is 0 Å². The number of nitrogens with one attached hydrogen (secondary N) is 1. The van der Waals surface area contributed by atoms with Crippen LogP contribution >= 0.6 is 12.2 Å². The zero-order chi connectivity index (χ0) is 14.9. The van der Waals surface area contributed by atoms with Crippen LogP contribution in [0.25, 0.3) is 0 Å². The van der Waals surface area contributed by atoms with E-state index in [0.29, 0.717) is 11.1 Å². The molecule has 2 rings (SSSR count). The zero-order valence-electron chi connectivity index (χ0n) is 10.0. The zero-order valence-corrected chi connectivity index (χ0v) is 10.8. The van der Waals surface area contributed by atoms with Crippen molar-refractivity contribution in [3.8, 4) is 0 Å². The molecule has 1 aromatic carbocycles. The molecule has 0 unspecified atom stereocenters. The van der Waals surface area contributed by atoms with Crippen molar-refractivity contribution in [2.24, 2.45) is 5.73 Å². The number of aromatic amines is 1. The van der Waals surface area contributed by atoms with E-state index in [-0.39, 0.29) is 11.5 Å². The molecule has 0 fully saturated rings. The number of rotatable bonds is 3. The molecule has 0 radical (unpaired) electrons. The van der Waals surface area contributed by atoms with Crippen molar-refractivity contribution in [3.05, 3.63) is 68.0 Å². The van der Waals surface area contributed by atoms with Crippen molar-refractivity contribution in [1.29, 1.82) is 0 Å². The molecular weight excluding hydrogens is 288 g/mol. The second-order valence-corrected chi connectivity index (χ2v) is 4.52. The first-order valence-electron chi connectivity index (χ1n) is 5.45. The first kappa shape index (κ1) is 14.1. The van der Waals surface area contributed by atoms with Crippen LogP contribution < -0.4 is 17.0 Å². The minimum Gasteiger partial charge on any atom is -0.389 e. The van der Waals surface area contributed by atoms with E-state index in [1.165, 1.54) is 6.07 Å². The van der Waals surface area contributed by atoms with Gasteiger partial charge in [0.25, 0.3) is 5.56 Å². The van der Waals surface area contributed by atoms with Gasteiger partial charge in [-0.2, -0.15) is 4.39 Å². The molecule has 3 N–H and O–H groups in total. The Morgan fingerprint density at radius 1 is 1.30 bits per heavy atom. The van der Waals surface area contributed by atoms with Gasteiger partial charge in [0.05, 0.1) is 12.7 Å². The summed E-state index contributed by atoms with van der Waals surface area (Å²) in [5, 5.41) is 0. The number of aromatic nitrogens is 2. The Morgan fingerprint density at radius 2 is 2.00 bits per heavy atom. The highest BCUT2D eigenvalue weighted by Gasteiger charge is 2.07. The van der Waals surface area contributed by atoms with E-state index in [1.54, 1.807) is 0 Å². The molecule has 0 saturated heterocycles. The van der Waals surface area contributed by atoms with Gasteiger partial charge in [-0.3, -0.25) is 14.3 Å². The highest BCUT2D eigenvalue weighted by molar-refractivity contribution is 7.80. The molecule has 0 atom stereocenters. The number of thiocarbonyl (C=S) groups is 1. The van der Waals surface area contributed by atoms with Crippen LogP contribution in [-0.2, 0) is 6.54 Å². The van der Waals surface area contributed by atoms with Crippen molar-refractivity contribution >= 4 is 17.2 Å². The predicted octanol–water partition coefficient (Wildman–Crippen LogP) is 0.497. The SMILES string of the molecule is NC(=S)c1cc(F)cc(Cn2cc(F)c(=O)[nH]c2=O)c1. The van der Waals surface area contributed by atoms with Gasteiger partial charge < -0.3 is 5.73 Å². The molecule has 0 saturated carbocycles. The Bertz CT molecular complexity index is 798. The second-order valence-electron chi connectivity index (χ2n) is 4.08. The van der Waals surface area contributed by atoms with Crippen LogP contribution in [-0.4, -0.2) is 14.5 Å². The first-order valence-corrected chi connectivity index (χ1v) is 5.86. The molecule has 0 aliphatic heterocycles. The summed E-state index contributed by atoms with van der Waals surface area (Å²) in [6.07, 6.45) is 0.756. The molecule has 2 aromatic rings. The van der Waals surface area contributed by atoms with Gasteiger partial charge in [0.2, 0.25) is 5.82 Å². The van der Waals surface area contributed by atoms with E-state index in [9.17, 15) is 18.4 Å². The van der Waals surface area contributed by atoms with E-state index in [2.05, 4.69) is 0 Å². The lowest BCUT2D eigenvalue weighted by atomic mass is 10.1. The van der Waals surface area contributed by atoms with Crippen LogP contribution in [0.5, 0.6) is 0 Å². The van der Waals surface area contributed by atoms with E-state index >= 15 is 0 Å². The van der Waals surface area contributed by atoms with Crippen LogP contribution in [0, 0.1) is 11.6 Å². The molecule has 8 heteroatoms. The Hall–Kier alpha value is -2.35. The van der Waals surface area contributed by atoms with Gasteiger partial charge in [0.1, 0.15) is 10.8 Å².